The van der Waals surface area contributed by atoms with Gasteiger partial charge in [0.1, 0.15) is 11.2 Å². The summed E-state index contributed by atoms with van der Waals surface area (Å²) in [6, 6.07) is 6.97. The summed E-state index contributed by atoms with van der Waals surface area (Å²) in [5, 5.41) is 7.12. The second-order valence-corrected chi connectivity index (χ2v) is 11.6. The Morgan fingerprint density at radius 3 is 2.46 bits per heavy atom. The quantitative estimate of drug-likeness (QED) is 0.624. The van der Waals surface area contributed by atoms with Crippen LogP contribution in [0.1, 0.15) is 56.2 Å². The SMILES string of the molecule is CC(C)CCN1Cc2c(C(=O)N3CCCC(C)C3)ncn2-c2ccccc2S1(=O)=O.O=C(O)C(F)(F)F. The standard InChI is InChI=1S/C22H30N4O3S.C2HF3O2/c1-16(2)10-12-25-14-19-21(22(27)24-11-6-7-17(3)13-24)23-15-26(19)18-8-4-5-9-20(18)30(25,28)29;3-2(4,5)1(6)7/h4-5,8-9,15-17H,6-7,10-14H2,1-3H3;(H,6,7). The first-order chi connectivity index (χ1) is 17.2. The zero-order valence-corrected chi connectivity index (χ0v) is 21.7. The Hall–Kier alpha value is -2.93. The number of carboxylic acids is 1. The highest BCUT2D eigenvalue weighted by molar-refractivity contribution is 7.89. The van der Waals surface area contributed by atoms with Gasteiger partial charge in [0.2, 0.25) is 10.0 Å². The number of carbonyl (C=O) groups is 2. The van der Waals surface area contributed by atoms with Crippen LogP contribution in [0.5, 0.6) is 0 Å². The maximum atomic E-state index is 13.4. The smallest absolute Gasteiger partial charge is 0.475 e. The minimum atomic E-state index is -5.08. The molecule has 3 heterocycles. The van der Waals surface area contributed by atoms with E-state index in [0.29, 0.717) is 35.5 Å². The molecule has 1 saturated heterocycles. The molecule has 2 aliphatic heterocycles. The molecule has 1 fully saturated rings. The fourth-order valence-corrected chi connectivity index (χ4v) is 5.90. The van der Waals surface area contributed by atoms with Gasteiger partial charge < -0.3 is 10.0 Å². The van der Waals surface area contributed by atoms with E-state index in [0.717, 1.165) is 32.4 Å². The zero-order chi connectivity index (χ0) is 27.5. The summed E-state index contributed by atoms with van der Waals surface area (Å²) in [6.45, 7) is 8.31. The Balaban J connectivity index is 0.000000479. The number of hydrogen-bond donors (Lipinski definition) is 1. The van der Waals surface area contributed by atoms with Gasteiger partial charge in [-0.3, -0.25) is 9.36 Å². The molecule has 0 saturated carbocycles. The molecular formula is C24H31F3N4O5S. The number of hydrogen-bond acceptors (Lipinski definition) is 5. The lowest BCUT2D eigenvalue weighted by Crippen LogP contribution is -2.40. The number of carbonyl (C=O) groups excluding carboxylic acids is 1. The van der Waals surface area contributed by atoms with Crippen molar-refractivity contribution in [3.05, 3.63) is 42.0 Å². The number of likely N-dealkylation sites (tertiary alicyclic amines) is 1. The average Bonchev–Trinajstić information content (AvgIpc) is 3.20. The highest BCUT2D eigenvalue weighted by Crippen LogP contribution is 2.32. The van der Waals surface area contributed by atoms with Crippen LogP contribution in [0.15, 0.2) is 35.5 Å². The number of sulfonamides is 1. The number of aliphatic carboxylic acids is 1. The number of aromatic nitrogens is 2. The first kappa shape index (κ1) is 28.6. The lowest BCUT2D eigenvalue weighted by Gasteiger charge is -2.30. The lowest BCUT2D eigenvalue weighted by molar-refractivity contribution is -0.192. The molecule has 1 unspecified atom stereocenters. The first-order valence-electron chi connectivity index (χ1n) is 12.0. The average molecular weight is 545 g/mol. The van der Waals surface area contributed by atoms with Gasteiger partial charge in [0.15, 0.2) is 5.69 Å². The molecule has 1 atom stereocenters. The molecule has 204 valence electrons. The van der Waals surface area contributed by atoms with Crippen molar-refractivity contribution in [2.24, 2.45) is 11.8 Å². The topological polar surface area (TPSA) is 113 Å². The maximum absolute atomic E-state index is 13.4. The number of alkyl halides is 3. The van der Waals surface area contributed by atoms with Crippen LogP contribution in [-0.4, -0.2) is 70.0 Å². The van der Waals surface area contributed by atoms with E-state index < -0.39 is 22.2 Å². The lowest BCUT2D eigenvalue weighted by atomic mass is 10.00. The van der Waals surface area contributed by atoms with E-state index in [4.69, 9.17) is 9.90 Å². The van der Waals surface area contributed by atoms with E-state index in [-0.39, 0.29) is 17.3 Å². The fourth-order valence-electron chi connectivity index (χ4n) is 4.30. The van der Waals surface area contributed by atoms with Crippen LogP contribution in [-0.2, 0) is 21.4 Å². The van der Waals surface area contributed by atoms with Gasteiger partial charge in [-0.2, -0.15) is 17.5 Å². The second-order valence-electron chi connectivity index (χ2n) is 9.70. The minimum absolute atomic E-state index is 0.101. The number of nitrogens with zero attached hydrogens (tertiary/aromatic N) is 4. The normalized spacial score (nSPS) is 19.3. The number of amides is 1. The van der Waals surface area contributed by atoms with Crippen LogP contribution in [0.25, 0.3) is 5.69 Å². The number of halogens is 3. The molecular weight excluding hydrogens is 513 g/mol. The Morgan fingerprint density at radius 1 is 1.22 bits per heavy atom. The van der Waals surface area contributed by atoms with Crippen LogP contribution in [0.2, 0.25) is 0 Å². The second kappa shape index (κ2) is 11.2. The number of benzene rings is 1. The van der Waals surface area contributed by atoms with Crippen molar-refractivity contribution in [2.75, 3.05) is 19.6 Å². The molecule has 0 aliphatic carbocycles. The van der Waals surface area contributed by atoms with Gasteiger partial charge in [0.25, 0.3) is 5.91 Å². The van der Waals surface area contributed by atoms with Gasteiger partial charge >= 0.3 is 12.1 Å². The van der Waals surface area contributed by atoms with E-state index in [9.17, 15) is 26.4 Å². The van der Waals surface area contributed by atoms with Crippen LogP contribution < -0.4 is 0 Å². The third kappa shape index (κ3) is 6.50. The summed E-state index contributed by atoms with van der Waals surface area (Å²) in [7, 11) is -3.67. The Morgan fingerprint density at radius 2 is 1.86 bits per heavy atom. The van der Waals surface area contributed by atoms with Crippen molar-refractivity contribution >= 4 is 21.9 Å². The maximum Gasteiger partial charge on any atom is 0.490 e. The van der Waals surface area contributed by atoms with Crippen molar-refractivity contribution in [3.63, 3.8) is 0 Å². The molecule has 4 rings (SSSR count). The predicted octanol–water partition coefficient (Wildman–Crippen LogP) is 3.93. The summed E-state index contributed by atoms with van der Waals surface area (Å²) in [4.78, 5) is 28.8. The molecule has 37 heavy (non-hydrogen) atoms. The molecule has 13 heteroatoms. The molecule has 0 bridgehead atoms. The van der Waals surface area contributed by atoms with E-state index in [1.807, 2.05) is 11.0 Å². The van der Waals surface area contributed by atoms with Gasteiger partial charge in [-0.25, -0.2) is 18.2 Å². The third-order valence-electron chi connectivity index (χ3n) is 6.28. The predicted molar refractivity (Wildman–Crippen MR) is 129 cm³/mol. The minimum Gasteiger partial charge on any atom is -0.475 e. The zero-order valence-electron chi connectivity index (χ0n) is 20.9. The van der Waals surface area contributed by atoms with Crippen molar-refractivity contribution in [3.8, 4) is 5.69 Å². The first-order valence-corrected chi connectivity index (χ1v) is 13.4. The summed E-state index contributed by atoms with van der Waals surface area (Å²) < 4.78 is 61.9. The van der Waals surface area contributed by atoms with Crippen LogP contribution >= 0.6 is 0 Å². The van der Waals surface area contributed by atoms with Gasteiger partial charge in [-0.15, -0.1) is 0 Å². The largest absolute Gasteiger partial charge is 0.490 e. The van der Waals surface area contributed by atoms with E-state index in [1.165, 1.54) is 4.31 Å². The molecule has 1 aromatic heterocycles. The molecule has 9 nitrogen and oxygen atoms in total. The van der Waals surface area contributed by atoms with Crippen molar-refractivity contribution < 1.29 is 36.3 Å². The molecule has 1 N–H and O–H groups in total. The van der Waals surface area contributed by atoms with Crippen LogP contribution in [0.3, 0.4) is 0 Å². The van der Waals surface area contributed by atoms with E-state index in [2.05, 4.69) is 25.8 Å². The van der Waals surface area contributed by atoms with Crippen molar-refractivity contribution in [2.45, 2.75) is 57.7 Å². The fraction of sp³-hybridized carbons (Fsp3) is 0.542. The molecule has 1 aromatic carbocycles. The number of fused-ring (bicyclic) bond motifs is 3. The summed E-state index contributed by atoms with van der Waals surface area (Å²) >= 11 is 0. The third-order valence-corrected chi connectivity index (χ3v) is 8.17. The van der Waals surface area contributed by atoms with Gasteiger partial charge in [-0.05, 0) is 43.2 Å². The number of para-hydroxylation sites is 1. The Kier molecular flexibility index (Phi) is 8.68. The van der Waals surface area contributed by atoms with Crippen LogP contribution in [0.4, 0.5) is 13.2 Å². The number of carboxylic acid groups (broad SMARTS) is 1. The highest BCUT2D eigenvalue weighted by atomic mass is 32.2. The molecule has 0 radical (unpaired) electrons. The summed E-state index contributed by atoms with van der Waals surface area (Å²) in [5.41, 5.74) is 1.57. The van der Waals surface area contributed by atoms with Gasteiger partial charge in [0.05, 0.1) is 17.9 Å². The molecule has 1 amide bonds. The Bertz CT molecular complexity index is 1240. The number of piperidine rings is 1. The molecule has 2 aliphatic rings. The monoisotopic (exact) mass is 544 g/mol. The van der Waals surface area contributed by atoms with Gasteiger partial charge in [0, 0.05) is 19.6 Å². The number of imidazole rings is 1. The number of rotatable bonds is 4. The molecule has 2 aromatic rings. The van der Waals surface area contributed by atoms with Crippen molar-refractivity contribution in [1.29, 1.82) is 0 Å². The highest BCUT2D eigenvalue weighted by Gasteiger charge is 2.38. The van der Waals surface area contributed by atoms with E-state index >= 15 is 0 Å². The van der Waals surface area contributed by atoms with Gasteiger partial charge in [-0.1, -0.05) is 32.9 Å². The van der Waals surface area contributed by atoms with Crippen LogP contribution in [0, 0.1) is 11.8 Å². The molecule has 0 spiro atoms. The Labute approximate surface area is 213 Å². The van der Waals surface area contributed by atoms with E-state index in [1.54, 1.807) is 29.1 Å². The summed E-state index contributed by atoms with van der Waals surface area (Å²) in [5.74, 6) is -2.02. The summed E-state index contributed by atoms with van der Waals surface area (Å²) in [6.07, 6.45) is -0.626. The van der Waals surface area contributed by atoms with Crippen molar-refractivity contribution in [1.82, 2.24) is 18.8 Å².